The number of aromatic nitrogens is 1. The fourth-order valence-electron chi connectivity index (χ4n) is 7.99. The molecule has 1 unspecified atom stereocenters. The second-order valence-electron chi connectivity index (χ2n) is 14.1. The van der Waals surface area contributed by atoms with Gasteiger partial charge in [-0.25, -0.2) is 4.98 Å². The van der Waals surface area contributed by atoms with Crippen molar-refractivity contribution in [2.75, 3.05) is 0 Å². The van der Waals surface area contributed by atoms with Gasteiger partial charge < -0.3 is 0 Å². The van der Waals surface area contributed by atoms with E-state index >= 15 is 0 Å². The molecule has 2 heteroatoms. The van der Waals surface area contributed by atoms with Crippen LogP contribution in [0.2, 0.25) is 0 Å². The minimum absolute atomic E-state index is 0.0316. The molecule has 246 valence electrons. The largest absolute Gasteiger partial charge is 0.284 e. The number of pyridine rings is 1. The van der Waals surface area contributed by atoms with E-state index in [-0.39, 0.29) is 6.04 Å². The first kappa shape index (κ1) is 31.1. The Hall–Kier alpha value is -5.86. The van der Waals surface area contributed by atoms with Gasteiger partial charge in [0.1, 0.15) is 0 Å². The van der Waals surface area contributed by atoms with Gasteiger partial charge in [0.25, 0.3) is 0 Å². The molecule has 9 rings (SSSR count). The number of aliphatic imine (C=N–C) groups is 1. The number of aryl methyl sites for hydroxylation is 1. The lowest BCUT2D eigenvalue weighted by molar-refractivity contribution is 0.743. The van der Waals surface area contributed by atoms with Gasteiger partial charge in [-0.1, -0.05) is 128 Å². The smallest absolute Gasteiger partial charge is 0.0784 e. The molecule has 0 bridgehead atoms. The van der Waals surface area contributed by atoms with Crippen LogP contribution in [0.25, 0.3) is 61.5 Å². The zero-order valence-corrected chi connectivity index (χ0v) is 29.0. The Balaban J connectivity index is 1.24. The summed E-state index contributed by atoms with van der Waals surface area (Å²) >= 11 is 0. The minimum atomic E-state index is 0.0316. The highest BCUT2D eigenvalue weighted by molar-refractivity contribution is 6.10. The molecule has 2 heterocycles. The minimum Gasteiger partial charge on any atom is -0.284 e. The monoisotopic (exact) mass is 656 g/mol. The Morgan fingerprint density at radius 3 is 2.20 bits per heavy atom. The summed E-state index contributed by atoms with van der Waals surface area (Å²) < 4.78 is 0. The van der Waals surface area contributed by atoms with E-state index in [2.05, 4.69) is 171 Å². The molecule has 0 radical (unpaired) electrons. The van der Waals surface area contributed by atoms with Gasteiger partial charge in [-0.15, -0.1) is 0 Å². The Bertz CT molecular complexity index is 2420. The van der Waals surface area contributed by atoms with Crippen molar-refractivity contribution in [3.05, 3.63) is 180 Å². The molecular formula is C49H40N2. The van der Waals surface area contributed by atoms with Crippen molar-refractivity contribution < 1.29 is 0 Å². The zero-order chi connectivity index (χ0) is 34.1. The molecule has 2 nitrogen and oxygen atoms in total. The lowest BCUT2D eigenvalue weighted by Crippen LogP contribution is -2.05. The summed E-state index contributed by atoms with van der Waals surface area (Å²) in [6, 6.07) is 44.3. The van der Waals surface area contributed by atoms with Gasteiger partial charge >= 0.3 is 0 Å². The molecule has 0 saturated heterocycles. The maximum atomic E-state index is 5.28. The van der Waals surface area contributed by atoms with Crippen LogP contribution in [-0.4, -0.2) is 11.2 Å². The normalized spacial score (nSPS) is 18.0. The molecule has 2 aliphatic carbocycles. The van der Waals surface area contributed by atoms with Crippen LogP contribution in [0.5, 0.6) is 0 Å². The number of benzene rings is 5. The lowest BCUT2D eigenvalue weighted by Gasteiger charge is -2.22. The van der Waals surface area contributed by atoms with Crippen LogP contribution in [0.3, 0.4) is 0 Å². The number of rotatable bonds is 6. The third-order valence-corrected chi connectivity index (χ3v) is 10.7. The first-order valence-electron chi connectivity index (χ1n) is 18.3. The highest BCUT2D eigenvalue weighted by Crippen LogP contribution is 2.42. The van der Waals surface area contributed by atoms with E-state index in [9.17, 15) is 0 Å². The summed E-state index contributed by atoms with van der Waals surface area (Å²) in [6.45, 7) is 2.30. The number of hydrogen-bond acceptors (Lipinski definition) is 2. The number of fused-ring (bicyclic) bond motifs is 3. The summed E-state index contributed by atoms with van der Waals surface area (Å²) in [4.78, 5) is 10.5. The quantitative estimate of drug-likeness (QED) is 0.175. The van der Waals surface area contributed by atoms with Crippen molar-refractivity contribution in [3.63, 3.8) is 0 Å². The fraction of sp³-hybridized carbons (Fsp3) is 0.143. The standard InChI is InChI=1S/C49H40N2/c1-33-14-8-10-20-42(33)49-31-39(30-48(51-49)35-17-6-3-7-18-35)38-26-40(46-29-36-19-9-11-21-43(36)44-22-12-13-23-45(44)46)28-41(27-38)47-25-24-37(32-50-47)34-15-4-2-5-16-34/h2-11,13,15-21,23-24,26-33,47H,12,14,22,25H2,1H3/t33-,47?/m0/s1. The molecule has 3 aliphatic rings. The predicted molar refractivity (Wildman–Crippen MR) is 217 cm³/mol. The maximum Gasteiger partial charge on any atom is 0.0784 e. The SMILES string of the molecule is C[C@H]1CC=CC=C1c1cc(-c2cc(-c3cc4ccccc4c4c3C=CCC4)cc(C3CC=C(c4ccccc4)C=N3)c2)cc(-c2ccccc2)n1. The summed E-state index contributed by atoms with van der Waals surface area (Å²) in [5.41, 5.74) is 15.8. The van der Waals surface area contributed by atoms with Gasteiger partial charge in [-0.05, 0) is 134 Å². The van der Waals surface area contributed by atoms with E-state index in [0.29, 0.717) is 5.92 Å². The van der Waals surface area contributed by atoms with Crippen molar-refractivity contribution in [1.82, 2.24) is 4.98 Å². The van der Waals surface area contributed by atoms with E-state index in [0.717, 1.165) is 42.6 Å². The van der Waals surface area contributed by atoms with Gasteiger partial charge in [0.15, 0.2) is 0 Å². The van der Waals surface area contributed by atoms with E-state index < -0.39 is 0 Å². The molecule has 0 amide bonds. The van der Waals surface area contributed by atoms with Crippen LogP contribution in [0.15, 0.2) is 157 Å². The van der Waals surface area contributed by atoms with E-state index in [1.54, 1.807) is 0 Å². The molecule has 5 aromatic carbocycles. The van der Waals surface area contributed by atoms with Crippen LogP contribution >= 0.6 is 0 Å². The molecule has 0 spiro atoms. The second-order valence-corrected chi connectivity index (χ2v) is 14.1. The zero-order valence-electron chi connectivity index (χ0n) is 29.0. The van der Waals surface area contributed by atoms with E-state index in [1.807, 2.05) is 0 Å². The molecule has 2 atom stereocenters. The first-order chi connectivity index (χ1) is 25.2. The number of allylic oxidation sites excluding steroid dienone is 6. The van der Waals surface area contributed by atoms with Crippen molar-refractivity contribution >= 4 is 34.2 Å². The van der Waals surface area contributed by atoms with Crippen molar-refractivity contribution in [2.24, 2.45) is 10.9 Å². The molecule has 6 aromatic rings. The van der Waals surface area contributed by atoms with E-state index in [1.165, 1.54) is 66.4 Å². The third-order valence-electron chi connectivity index (χ3n) is 10.7. The van der Waals surface area contributed by atoms with Crippen LogP contribution in [0, 0.1) is 5.92 Å². The van der Waals surface area contributed by atoms with Crippen molar-refractivity contribution in [1.29, 1.82) is 0 Å². The molecular weight excluding hydrogens is 617 g/mol. The summed E-state index contributed by atoms with van der Waals surface area (Å²) in [7, 11) is 0. The lowest BCUT2D eigenvalue weighted by atomic mass is 9.83. The van der Waals surface area contributed by atoms with Gasteiger partial charge in [-0.3, -0.25) is 4.99 Å². The van der Waals surface area contributed by atoms with E-state index in [4.69, 9.17) is 9.98 Å². The van der Waals surface area contributed by atoms with Gasteiger partial charge in [0.05, 0.1) is 17.4 Å². The van der Waals surface area contributed by atoms with Gasteiger partial charge in [0.2, 0.25) is 0 Å². The average molecular weight is 657 g/mol. The molecule has 51 heavy (non-hydrogen) atoms. The van der Waals surface area contributed by atoms with Crippen LogP contribution < -0.4 is 0 Å². The Morgan fingerprint density at radius 2 is 1.39 bits per heavy atom. The Kier molecular flexibility index (Phi) is 8.22. The highest BCUT2D eigenvalue weighted by Gasteiger charge is 2.21. The fourth-order valence-corrected chi connectivity index (χ4v) is 7.99. The van der Waals surface area contributed by atoms with Gasteiger partial charge in [0, 0.05) is 11.8 Å². The molecule has 0 saturated carbocycles. The summed E-state index contributed by atoms with van der Waals surface area (Å²) in [6.07, 6.45) is 19.8. The van der Waals surface area contributed by atoms with Gasteiger partial charge in [-0.2, -0.15) is 0 Å². The van der Waals surface area contributed by atoms with Crippen molar-refractivity contribution in [2.45, 2.75) is 38.6 Å². The molecule has 0 N–H and O–H groups in total. The van der Waals surface area contributed by atoms with Crippen LogP contribution in [0.1, 0.15) is 60.2 Å². The van der Waals surface area contributed by atoms with Crippen LogP contribution in [-0.2, 0) is 6.42 Å². The average Bonchev–Trinajstić information content (AvgIpc) is 3.21. The highest BCUT2D eigenvalue weighted by atomic mass is 14.8. The topological polar surface area (TPSA) is 25.2 Å². The predicted octanol–water partition coefficient (Wildman–Crippen LogP) is 12.8. The molecule has 1 aromatic heterocycles. The number of nitrogens with zero attached hydrogens (tertiary/aromatic N) is 2. The Labute approximate surface area is 301 Å². The summed E-state index contributed by atoms with van der Waals surface area (Å²) in [5, 5.41) is 2.66. The second kappa shape index (κ2) is 13.5. The first-order valence-corrected chi connectivity index (χ1v) is 18.3. The Morgan fingerprint density at radius 1 is 0.647 bits per heavy atom. The molecule has 1 aliphatic heterocycles. The van der Waals surface area contributed by atoms with Crippen LogP contribution in [0.4, 0.5) is 0 Å². The number of dihydropyridines is 1. The molecule has 0 fully saturated rings. The maximum absolute atomic E-state index is 5.28. The third kappa shape index (κ3) is 6.12. The van der Waals surface area contributed by atoms with Crippen molar-refractivity contribution in [3.8, 4) is 33.5 Å². The number of hydrogen-bond donors (Lipinski definition) is 0. The summed E-state index contributed by atoms with van der Waals surface area (Å²) in [5.74, 6) is 0.404.